The number of piperidine rings is 1. The molecule has 0 bridgehead atoms. The third-order valence-electron chi connectivity index (χ3n) is 6.78. The Kier molecular flexibility index (Phi) is 6.69. The molecule has 2 aliphatic heterocycles. The van der Waals surface area contributed by atoms with E-state index in [0.29, 0.717) is 10.9 Å². The molecular formula is C22H36N6O2S. The number of aromatic nitrogens is 2. The van der Waals surface area contributed by atoms with E-state index in [0.717, 1.165) is 56.1 Å². The molecule has 0 aliphatic carbocycles. The van der Waals surface area contributed by atoms with Crippen molar-refractivity contribution >= 4 is 21.1 Å². The van der Waals surface area contributed by atoms with E-state index >= 15 is 0 Å². The molecule has 0 radical (unpaired) electrons. The van der Waals surface area contributed by atoms with E-state index in [1.165, 1.54) is 30.2 Å². The molecule has 4 rings (SSSR count). The Bertz CT molecular complexity index is 1010. The molecule has 8 nitrogen and oxygen atoms in total. The number of aryl methyl sites for hydroxylation is 1. The van der Waals surface area contributed by atoms with Crippen LogP contribution in [0.3, 0.4) is 0 Å². The van der Waals surface area contributed by atoms with Crippen LogP contribution in [0.15, 0.2) is 23.1 Å². The van der Waals surface area contributed by atoms with Crippen molar-refractivity contribution in [2.24, 2.45) is 0 Å². The molecule has 9 heteroatoms. The Morgan fingerprint density at radius 3 is 2.52 bits per heavy atom. The van der Waals surface area contributed by atoms with Gasteiger partial charge in [0.15, 0.2) is 0 Å². The van der Waals surface area contributed by atoms with E-state index in [9.17, 15) is 8.42 Å². The SMILES string of the molecule is CCn1c(CN2CCN(C3CCCN(C)C3)CC2)nc2cc(S(=O)(=O)N(C)C)ccc21. The first-order valence-corrected chi connectivity index (χ1v) is 12.8. The predicted octanol–water partition coefficient (Wildman–Crippen LogP) is 1.52. The average molecular weight is 449 g/mol. The first-order valence-electron chi connectivity index (χ1n) is 11.4. The molecule has 0 amide bonds. The summed E-state index contributed by atoms with van der Waals surface area (Å²) >= 11 is 0. The lowest BCUT2D eigenvalue weighted by atomic mass is 10.0. The van der Waals surface area contributed by atoms with Gasteiger partial charge in [-0.15, -0.1) is 0 Å². The second-order valence-corrected chi connectivity index (χ2v) is 11.2. The highest BCUT2D eigenvalue weighted by Crippen LogP contribution is 2.23. The van der Waals surface area contributed by atoms with Gasteiger partial charge in [0.2, 0.25) is 10.0 Å². The fourth-order valence-electron chi connectivity index (χ4n) is 4.93. The first-order chi connectivity index (χ1) is 14.8. The minimum Gasteiger partial charge on any atom is -0.327 e. The molecule has 1 atom stereocenters. The van der Waals surface area contributed by atoms with Gasteiger partial charge in [0.05, 0.1) is 22.5 Å². The summed E-state index contributed by atoms with van der Waals surface area (Å²) in [6.07, 6.45) is 2.61. The van der Waals surface area contributed by atoms with Crippen molar-refractivity contribution in [2.45, 2.75) is 43.8 Å². The Morgan fingerprint density at radius 1 is 1.13 bits per heavy atom. The Balaban J connectivity index is 1.47. The van der Waals surface area contributed by atoms with Crippen LogP contribution in [-0.4, -0.2) is 103 Å². The van der Waals surface area contributed by atoms with E-state index in [1.807, 2.05) is 6.07 Å². The van der Waals surface area contributed by atoms with Crippen LogP contribution in [-0.2, 0) is 23.1 Å². The van der Waals surface area contributed by atoms with Crippen LogP contribution in [0.2, 0.25) is 0 Å². The standard InChI is InChI=1S/C22H36N6O2S/c1-5-28-21-9-8-19(31(29,30)24(2)3)15-20(21)23-22(28)17-26-11-13-27(14-12-26)18-7-6-10-25(4)16-18/h8-9,15,18H,5-7,10-14,16-17H2,1-4H3. The third-order valence-corrected chi connectivity index (χ3v) is 8.59. The lowest BCUT2D eigenvalue weighted by Gasteiger charge is -2.42. The van der Waals surface area contributed by atoms with Gasteiger partial charge in [0.1, 0.15) is 5.82 Å². The van der Waals surface area contributed by atoms with E-state index in [4.69, 9.17) is 4.98 Å². The van der Waals surface area contributed by atoms with Gasteiger partial charge in [-0.25, -0.2) is 17.7 Å². The summed E-state index contributed by atoms with van der Waals surface area (Å²) in [4.78, 5) is 12.7. The van der Waals surface area contributed by atoms with Crippen LogP contribution in [0.4, 0.5) is 0 Å². The van der Waals surface area contributed by atoms with Crippen molar-refractivity contribution in [2.75, 3.05) is 60.4 Å². The summed E-state index contributed by atoms with van der Waals surface area (Å²) in [6.45, 7) is 10.5. The Labute approximate surface area is 186 Å². The minimum atomic E-state index is -3.46. The van der Waals surface area contributed by atoms with Crippen LogP contribution >= 0.6 is 0 Å². The highest BCUT2D eigenvalue weighted by molar-refractivity contribution is 7.89. The van der Waals surface area contributed by atoms with Gasteiger partial charge in [-0.2, -0.15) is 0 Å². The maximum absolute atomic E-state index is 12.5. The van der Waals surface area contributed by atoms with Crippen molar-refractivity contribution in [3.8, 4) is 0 Å². The average Bonchev–Trinajstić information content (AvgIpc) is 3.10. The third kappa shape index (κ3) is 4.66. The fourth-order valence-corrected chi connectivity index (χ4v) is 5.85. The fraction of sp³-hybridized carbons (Fsp3) is 0.682. The molecule has 0 spiro atoms. The second kappa shape index (κ2) is 9.15. The molecular weight excluding hydrogens is 412 g/mol. The second-order valence-electron chi connectivity index (χ2n) is 9.08. The molecule has 31 heavy (non-hydrogen) atoms. The molecule has 2 aliphatic rings. The van der Waals surface area contributed by atoms with Crippen molar-refractivity contribution in [1.82, 2.24) is 28.6 Å². The number of benzene rings is 1. The van der Waals surface area contributed by atoms with Crippen molar-refractivity contribution in [3.63, 3.8) is 0 Å². The smallest absolute Gasteiger partial charge is 0.242 e. The molecule has 1 unspecified atom stereocenters. The Hall–Kier alpha value is -1.52. The monoisotopic (exact) mass is 448 g/mol. The molecule has 3 heterocycles. The quantitative estimate of drug-likeness (QED) is 0.668. The number of likely N-dealkylation sites (tertiary alicyclic amines) is 1. The van der Waals surface area contributed by atoms with Crippen LogP contribution < -0.4 is 0 Å². The van der Waals surface area contributed by atoms with E-state index in [2.05, 4.69) is 33.2 Å². The van der Waals surface area contributed by atoms with Crippen LogP contribution in [0.1, 0.15) is 25.6 Å². The van der Waals surface area contributed by atoms with Gasteiger partial charge < -0.3 is 9.47 Å². The molecule has 1 aromatic carbocycles. The number of imidazole rings is 1. The lowest BCUT2D eigenvalue weighted by molar-refractivity contribution is 0.0556. The number of rotatable bonds is 6. The van der Waals surface area contributed by atoms with Gasteiger partial charge in [-0.1, -0.05) is 0 Å². The molecule has 2 saturated heterocycles. The zero-order valence-corrected chi connectivity index (χ0v) is 20.1. The van der Waals surface area contributed by atoms with Gasteiger partial charge in [0, 0.05) is 59.4 Å². The molecule has 0 N–H and O–H groups in total. The summed E-state index contributed by atoms with van der Waals surface area (Å²) in [5.41, 5.74) is 1.75. The maximum atomic E-state index is 12.5. The zero-order chi connectivity index (χ0) is 22.2. The minimum absolute atomic E-state index is 0.295. The summed E-state index contributed by atoms with van der Waals surface area (Å²) in [5, 5.41) is 0. The largest absolute Gasteiger partial charge is 0.327 e. The van der Waals surface area contributed by atoms with Gasteiger partial charge in [-0.05, 0) is 51.6 Å². The van der Waals surface area contributed by atoms with Crippen LogP contribution in [0, 0.1) is 0 Å². The normalized spacial score (nSPS) is 22.5. The molecule has 0 saturated carbocycles. The Morgan fingerprint density at radius 2 is 1.87 bits per heavy atom. The molecule has 2 fully saturated rings. The van der Waals surface area contributed by atoms with E-state index in [-0.39, 0.29) is 0 Å². The number of fused-ring (bicyclic) bond motifs is 1. The van der Waals surface area contributed by atoms with E-state index < -0.39 is 10.0 Å². The number of hydrogen-bond acceptors (Lipinski definition) is 6. The van der Waals surface area contributed by atoms with Crippen LogP contribution in [0.5, 0.6) is 0 Å². The zero-order valence-electron chi connectivity index (χ0n) is 19.3. The summed E-state index contributed by atoms with van der Waals surface area (Å²) < 4.78 is 28.5. The highest BCUT2D eigenvalue weighted by atomic mass is 32.2. The first kappa shape index (κ1) is 22.7. The van der Waals surface area contributed by atoms with E-state index in [1.54, 1.807) is 26.2 Å². The number of likely N-dealkylation sites (N-methyl/N-ethyl adjacent to an activating group) is 1. The van der Waals surface area contributed by atoms with Crippen LogP contribution in [0.25, 0.3) is 11.0 Å². The molecule has 172 valence electrons. The molecule has 1 aromatic heterocycles. The summed E-state index contributed by atoms with van der Waals surface area (Å²) in [7, 11) is 1.88. The maximum Gasteiger partial charge on any atom is 0.242 e. The number of hydrogen-bond donors (Lipinski definition) is 0. The topological polar surface area (TPSA) is 64.9 Å². The summed E-state index contributed by atoms with van der Waals surface area (Å²) in [6, 6.07) is 5.98. The molecule has 2 aromatic rings. The predicted molar refractivity (Wildman–Crippen MR) is 124 cm³/mol. The van der Waals surface area contributed by atoms with Gasteiger partial charge in [0.25, 0.3) is 0 Å². The number of piperazine rings is 1. The van der Waals surface area contributed by atoms with Gasteiger partial charge >= 0.3 is 0 Å². The summed E-state index contributed by atoms with van der Waals surface area (Å²) in [5.74, 6) is 1.02. The van der Waals surface area contributed by atoms with Crippen molar-refractivity contribution < 1.29 is 8.42 Å². The van der Waals surface area contributed by atoms with Gasteiger partial charge in [-0.3, -0.25) is 9.80 Å². The lowest BCUT2D eigenvalue weighted by Crippen LogP contribution is -2.54. The number of nitrogens with zero attached hydrogens (tertiary/aromatic N) is 6. The highest BCUT2D eigenvalue weighted by Gasteiger charge is 2.27. The number of sulfonamides is 1. The van der Waals surface area contributed by atoms with Crippen molar-refractivity contribution in [3.05, 3.63) is 24.0 Å². The van der Waals surface area contributed by atoms with Crippen molar-refractivity contribution in [1.29, 1.82) is 0 Å².